The van der Waals surface area contributed by atoms with Crippen LogP contribution < -0.4 is 10.1 Å². The van der Waals surface area contributed by atoms with Crippen LogP contribution in [-0.2, 0) is 17.8 Å². The first-order chi connectivity index (χ1) is 13.2. The van der Waals surface area contributed by atoms with E-state index in [1.54, 1.807) is 17.4 Å². The Bertz CT molecular complexity index is 947. The molecule has 0 saturated carbocycles. The maximum absolute atomic E-state index is 12.3. The Morgan fingerprint density at radius 1 is 1.19 bits per heavy atom. The second-order valence-corrected chi connectivity index (χ2v) is 7.08. The van der Waals surface area contributed by atoms with Crippen LogP contribution in [-0.4, -0.2) is 10.9 Å². The molecule has 3 aromatic rings. The predicted molar refractivity (Wildman–Crippen MR) is 111 cm³/mol. The summed E-state index contributed by atoms with van der Waals surface area (Å²) in [7, 11) is 0. The molecule has 0 atom stereocenters. The van der Waals surface area contributed by atoms with Gasteiger partial charge in [-0.25, -0.2) is 4.98 Å². The van der Waals surface area contributed by atoms with Crippen molar-refractivity contribution in [3.05, 3.63) is 81.8 Å². The summed E-state index contributed by atoms with van der Waals surface area (Å²) >= 11 is 1.60. The number of amides is 1. The molecule has 0 aliphatic carbocycles. The van der Waals surface area contributed by atoms with Gasteiger partial charge in [0.25, 0.3) is 0 Å². The van der Waals surface area contributed by atoms with Crippen LogP contribution in [0.5, 0.6) is 5.75 Å². The normalized spacial score (nSPS) is 10.9. The molecular weight excluding hydrogens is 356 g/mol. The van der Waals surface area contributed by atoms with E-state index in [2.05, 4.69) is 17.2 Å². The zero-order chi connectivity index (χ0) is 19.1. The van der Waals surface area contributed by atoms with Crippen molar-refractivity contribution in [3.8, 4) is 5.75 Å². The third-order valence-corrected chi connectivity index (χ3v) is 4.85. The molecule has 3 rings (SSSR count). The number of para-hydroxylation sites is 2. The predicted octanol–water partition coefficient (Wildman–Crippen LogP) is 5.24. The molecule has 1 aromatic heterocycles. The Balaban J connectivity index is 1.66. The number of thiazole rings is 1. The Hall–Kier alpha value is -2.92. The number of aromatic nitrogens is 1. The lowest BCUT2D eigenvalue weighted by molar-refractivity contribution is -0.111. The molecule has 27 heavy (non-hydrogen) atoms. The van der Waals surface area contributed by atoms with Crippen molar-refractivity contribution in [2.75, 3.05) is 5.32 Å². The third-order valence-electron chi connectivity index (χ3n) is 4.03. The van der Waals surface area contributed by atoms with Gasteiger partial charge in [-0.15, -0.1) is 11.3 Å². The van der Waals surface area contributed by atoms with E-state index < -0.39 is 0 Å². The minimum atomic E-state index is -0.166. The fourth-order valence-electron chi connectivity index (χ4n) is 2.67. The molecule has 138 valence electrons. The number of benzene rings is 2. The van der Waals surface area contributed by atoms with Crippen LogP contribution in [0.25, 0.3) is 6.08 Å². The van der Waals surface area contributed by atoms with Gasteiger partial charge < -0.3 is 10.1 Å². The molecule has 0 aliphatic heterocycles. The highest BCUT2D eigenvalue weighted by Crippen LogP contribution is 2.22. The van der Waals surface area contributed by atoms with Gasteiger partial charge in [-0.05, 0) is 37.1 Å². The first-order valence-electron chi connectivity index (χ1n) is 8.85. The summed E-state index contributed by atoms with van der Waals surface area (Å²) < 4.78 is 5.88. The number of aryl methyl sites for hydroxylation is 2. The van der Waals surface area contributed by atoms with Crippen molar-refractivity contribution < 1.29 is 9.53 Å². The molecular formula is C22H22N2O2S. The van der Waals surface area contributed by atoms with Crippen LogP contribution >= 0.6 is 11.3 Å². The summed E-state index contributed by atoms with van der Waals surface area (Å²) in [5.41, 5.74) is 3.72. The number of rotatable bonds is 7. The average Bonchev–Trinajstić information content (AvgIpc) is 3.11. The molecule has 1 N–H and O–H groups in total. The number of nitrogens with zero attached hydrogens (tertiary/aromatic N) is 1. The highest BCUT2D eigenvalue weighted by molar-refractivity contribution is 7.09. The molecule has 0 bridgehead atoms. The number of nitrogens with one attached hydrogen (secondary N) is 1. The van der Waals surface area contributed by atoms with Crippen LogP contribution in [0.15, 0.2) is 60.0 Å². The van der Waals surface area contributed by atoms with Gasteiger partial charge in [-0.3, -0.25) is 4.79 Å². The van der Waals surface area contributed by atoms with Crippen LogP contribution in [0.2, 0.25) is 0 Å². The molecule has 1 heterocycles. The molecule has 0 fully saturated rings. The lowest BCUT2D eigenvalue weighted by Crippen LogP contribution is -2.09. The minimum absolute atomic E-state index is 0.166. The molecule has 0 aliphatic rings. The van der Waals surface area contributed by atoms with Crippen LogP contribution in [0.4, 0.5) is 5.69 Å². The molecule has 1 amide bonds. The summed E-state index contributed by atoms with van der Waals surface area (Å²) in [5.74, 6) is 0.557. The van der Waals surface area contributed by atoms with E-state index in [0.717, 1.165) is 39.7 Å². The fraction of sp³-hybridized carbons (Fsp3) is 0.182. The summed E-state index contributed by atoms with van der Waals surface area (Å²) in [5, 5.41) is 5.95. The summed E-state index contributed by atoms with van der Waals surface area (Å²) in [6, 6.07) is 15.5. The quantitative estimate of drug-likeness (QED) is 0.572. The topological polar surface area (TPSA) is 51.2 Å². The lowest BCUT2D eigenvalue weighted by atomic mass is 10.1. The second kappa shape index (κ2) is 9.14. The monoisotopic (exact) mass is 378 g/mol. The van der Waals surface area contributed by atoms with Gasteiger partial charge in [-0.2, -0.15) is 0 Å². The highest BCUT2D eigenvalue weighted by atomic mass is 32.1. The van der Waals surface area contributed by atoms with Crippen LogP contribution in [0, 0.1) is 6.92 Å². The maximum Gasteiger partial charge on any atom is 0.248 e. The van der Waals surface area contributed by atoms with Crippen molar-refractivity contribution in [1.82, 2.24) is 4.98 Å². The molecule has 4 nitrogen and oxygen atoms in total. The van der Waals surface area contributed by atoms with Crippen molar-refractivity contribution in [2.24, 2.45) is 0 Å². The highest BCUT2D eigenvalue weighted by Gasteiger charge is 2.05. The number of anilines is 1. The SMILES string of the molecule is CCc1ccccc1NC(=O)/C=C/c1ccccc1OCc1csc(C)n1. The first-order valence-corrected chi connectivity index (χ1v) is 9.73. The van der Waals surface area contributed by atoms with Gasteiger partial charge in [-0.1, -0.05) is 43.3 Å². The Kier molecular flexibility index (Phi) is 6.39. The first kappa shape index (κ1) is 18.9. The largest absolute Gasteiger partial charge is 0.487 e. The smallest absolute Gasteiger partial charge is 0.248 e. The molecule has 5 heteroatoms. The van der Waals surface area contributed by atoms with Crippen molar-refractivity contribution >= 4 is 29.0 Å². The van der Waals surface area contributed by atoms with Crippen LogP contribution in [0.3, 0.4) is 0 Å². The molecule has 0 radical (unpaired) electrons. The van der Waals surface area contributed by atoms with E-state index in [0.29, 0.717) is 6.61 Å². The van der Waals surface area contributed by atoms with Gasteiger partial charge in [0.15, 0.2) is 0 Å². The van der Waals surface area contributed by atoms with E-state index in [4.69, 9.17) is 4.74 Å². The van der Waals surface area contributed by atoms with Gasteiger partial charge in [0.2, 0.25) is 5.91 Å². The Morgan fingerprint density at radius 3 is 2.74 bits per heavy atom. The molecule has 2 aromatic carbocycles. The number of ether oxygens (including phenoxy) is 1. The maximum atomic E-state index is 12.3. The van der Waals surface area contributed by atoms with Gasteiger partial charge in [0, 0.05) is 22.7 Å². The molecule has 0 spiro atoms. The van der Waals surface area contributed by atoms with E-state index in [9.17, 15) is 4.79 Å². The molecule has 0 unspecified atom stereocenters. The summed E-state index contributed by atoms with van der Waals surface area (Å²) in [6.07, 6.45) is 4.17. The third kappa shape index (κ3) is 5.28. The Labute approximate surface area is 163 Å². The van der Waals surface area contributed by atoms with Crippen molar-refractivity contribution in [2.45, 2.75) is 26.9 Å². The van der Waals surface area contributed by atoms with Gasteiger partial charge >= 0.3 is 0 Å². The fourth-order valence-corrected chi connectivity index (χ4v) is 3.26. The number of carbonyl (C=O) groups excluding carboxylic acids is 1. The van der Waals surface area contributed by atoms with E-state index in [1.807, 2.05) is 60.8 Å². The summed E-state index contributed by atoms with van der Waals surface area (Å²) in [4.78, 5) is 16.7. The zero-order valence-electron chi connectivity index (χ0n) is 15.4. The lowest BCUT2D eigenvalue weighted by Gasteiger charge is -2.09. The van der Waals surface area contributed by atoms with E-state index >= 15 is 0 Å². The number of hydrogen-bond acceptors (Lipinski definition) is 4. The van der Waals surface area contributed by atoms with Gasteiger partial charge in [0.1, 0.15) is 12.4 Å². The van der Waals surface area contributed by atoms with Gasteiger partial charge in [0.05, 0.1) is 10.7 Å². The zero-order valence-corrected chi connectivity index (χ0v) is 16.3. The Morgan fingerprint density at radius 2 is 1.96 bits per heavy atom. The summed E-state index contributed by atoms with van der Waals surface area (Å²) in [6.45, 7) is 4.45. The second-order valence-electron chi connectivity index (χ2n) is 6.02. The minimum Gasteiger partial charge on any atom is -0.487 e. The van der Waals surface area contributed by atoms with E-state index in [1.165, 1.54) is 6.08 Å². The number of hydrogen-bond donors (Lipinski definition) is 1. The van der Waals surface area contributed by atoms with Crippen molar-refractivity contribution in [3.63, 3.8) is 0 Å². The van der Waals surface area contributed by atoms with Crippen molar-refractivity contribution in [1.29, 1.82) is 0 Å². The van der Waals surface area contributed by atoms with Crippen LogP contribution in [0.1, 0.15) is 28.8 Å². The van der Waals surface area contributed by atoms with E-state index in [-0.39, 0.29) is 5.91 Å². The average molecular weight is 378 g/mol. The number of carbonyl (C=O) groups is 1. The molecule has 0 saturated heterocycles. The standard InChI is InChI=1S/C22H22N2O2S/c1-3-17-8-4-6-10-20(17)24-22(25)13-12-18-9-5-7-11-21(18)26-14-19-15-27-16(2)23-19/h4-13,15H,3,14H2,1-2H3,(H,24,25)/b13-12+.